The lowest BCUT2D eigenvalue weighted by Crippen LogP contribution is -2.40. The highest BCUT2D eigenvalue weighted by Gasteiger charge is 2.48. The van der Waals surface area contributed by atoms with Crippen molar-refractivity contribution >= 4 is 17.0 Å². The summed E-state index contributed by atoms with van der Waals surface area (Å²) in [7, 11) is 0. The van der Waals surface area contributed by atoms with Crippen molar-refractivity contribution in [2.75, 3.05) is 12.3 Å². The highest BCUT2D eigenvalue weighted by Crippen LogP contribution is 2.39. The number of hydrogen-bond donors (Lipinski definition) is 3. The second kappa shape index (κ2) is 5.03. The van der Waals surface area contributed by atoms with Crippen LogP contribution in [-0.2, 0) is 4.74 Å². The molecule has 1 aliphatic heterocycles. The lowest BCUT2D eigenvalue weighted by atomic mass is 10.1. The molecule has 0 amide bonds. The van der Waals surface area contributed by atoms with E-state index in [9.17, 15) is 14.6 Å². The minimum atomic E-state index is -1.81. The Morgan fingerprint density at radius 2 is 2.41 bits per heavy atom. The van der Waals surface area contributed by atoms with Gasteiger partial charge in [0.15, 0.2) is 22.7 Å². The SMILES string of the molecule is [N-]=[N+]=NC1(CO)OC(n2cnc3c(N)nc(F)nc32)CC1O. The number of aliphatic hydroxyl groups is 2. The Labute approximate surface area is 121 Å². The molecule has 1 aliphatic rings. The largest absolute Gasteiger partial charge is 0.393 e. The Kier molecular flexibility index (Phi) is 3.30. The zero-order valence-corrected chi connectivity index (χ0v) is 11.0. The van der Waals surface area contributed by atoms with E-state index >= 15 is 0 Å². The minimum absolute atomic E-state index is 0.0173. The smallest absolute Gasteiger partial charge is 0.312 e. The second-order valence-electron chi connectivity index (χ2n) is 4.72. The third-order valence-electron chi connectivity index (χ3n) is 3.46. The van der Waals surface area contributed by atoms with Crippen LogP contribution in [0.3, 0.4) is 0 Å². The van der Waals surface area contributed by atoms with Crippen LogP contribution in [0, 0.1) is 6.08 Å². The van der Waals surface area contributed by atoms with Gasteiger partial charge in [-0.2, -0.15) is 14.4 Å². The van der Waals surface area contributed by atoms with Gasteiger partial charge in [-0.25, -0.2) is 4.98 Å². The number of nitrogens with two attached hydrogens (primary N) is 1. The van der Waals surface area contributed by atoms with Crippen LogP contribution < -0.4 is 5.73 Å². The fourth-order valence-corrected chi connectivity index (χ4v) is 2.37. The molecule has 0 radical (unpaired) electrons. The molecular weight excluding hydrogens is 299 g/mol. The lowest BCUT2D eigenvalue weighted by Gasteiger charge is -2.24. The van der Waals surface area contributed by atoms with E-state index in [1.165, 1.54) is 10.9 Å². The molecular formula is C10H11FN8O3. The summed E-state index contributed by atoms with van der Waals surface area (Å²) in [5.74, 6) is -0.136. The first-order valence-electron chi connectivity index (χ1n) is 6.19. The summed E-state index contributed by atoms with van der Waals surface area (Å²) in [6, 6.07) is 0. The van der Waals surface area contributed by atoms with Crippen LogP contribution in [0.2, 0.25) is 0 Å². The number of rotatable bonds is 3. The molecule has 3 heterocycles. The fraction of sp³-hybridized carbons (Fsp3) is 0.500. The first-order valence-corrected chi connectivity index (χ1v) is 6.19. The molecule has 3 rings (SSSR count). The molecule has 1 saturated heterocycles. The first-order chi connectivity index (χ1) is 10.5. The molecule has 0 aromatic carbocycles. The number of ether oxygens (including phenoxy) is 1. The van der Waals surface area contributed by atoms with Gasteiger partial charge in [0, 0.05) is 11.3 Å². The highest BCUT2D eigenvalue weighted by molar-refractivity contribution is 5.81. The van der Waals surface area contributed by atoms with Crippen molar-refractivity contribution in [3.63, 3.8) is 0 Å². The van der Waals surface area contributed by atoms with E-state index in [0.717, 1.165) is 0 Å². The average molecular weight is 310 g/mol. The lowest BCUT2D eigenvalue weighted by molar-refractivity contribution is -0.122. The molecule has 12 heteroatoms. The summed E-state index contributed by atoms with van der Waals surface area (Å²) >= 11 is 0. The van der Waals surface area contributed by atoms with E-state index in [-0.39, 0.29) is 23.4 Å². The Bertz CT molecular complexity index is 775. The molecule has 4 N–H and O–H groups in total. The molecule has 0 aliphatic carbocycles. The van der Waals surface area contributed by atoms with E-state index in [4.69, 9.17) is 16.0 Å². The van der Waals surface area contributed by atoms with Gasteiger partial charge in [0.25, 0.3) is 0 Å². The fourth-order valence-electron chi connectivity index (χ4n) is 2.37. The minimum Gasteiger partial charge on any atom is -0.393 e. The number of halogens is 1. The predicted molar refractivity (Wildman–Crippen MR) is 69.4 cm³/mol. The monoisotopic (exact) mass is 310 g/mol. The molecule has 0 saturated carbocycles. The highest BCUT2D eigenvalue weighted by atomic mass is 19.1. The normalized spacial score (nSPS) is 28.0. The number of azide groups is 1. The summed E-state index contributed by atoms with van der Waals surface area (Å²) in [6.45, 7) is -0.715. The second-order valence-corrected chi connectivity index (χ2v) is 4.72. The quantitative estimate of drug-likeness (QED) is 0.306. The molecule has 3 atom stereocenters. The van der Waals surface area contributed by atoms with Crippen molar-refractivity contribution in [3.05, 3.63) is 22.8 Å². The van der Waals surface area contributed by atoms with Crippen LogP contribution in [0.15, 0.2) is 11.4 Å². The predicted octanol–water partition coefficient (Wildman–Crippen LogP) is -0.174. The topological polar surface area (TPSA) is 168 Å². The van der Waals surface area contributed by atoms with Crippen LogP contribution in [0.5, 0.6) is 0 Å². The van der Waals surface area contributed by atoms with Crippen LogP contribution in [0.4, 0.5) is 10.2 Å². The standard InChI is InChI=1S/C10H11FN8O3/c11-9-15-7(12)6-8(16-9)19(3-14-6)5-1-4(21)10(2-20,22-5)17-18-13/h3-5,20-21H,1-2H2,(H2,12,15,16). The zero-order valence-electron chi connectivity index (χ0n) is 11.0. The summed E-state index contributed by atoms with van der Waals surface area (Å²) in [5.41, 5.74) is 12.5. The zero-order chi connectivity index (χ0) is 15.9. The van der Waals surface area contributed by atoms with Gasteiger partial charge in [-0.15, -0.1) is 0 Å². The van der Waals surface area contributed by atoms with Crippen LogP contribution in [0.1, 0.15) is 12.6 Å². The van der Waals surface area contributed by atoms with Crippen molar-refractivity contribution in [2.24, 2.45) is 5.11 Å². The van der Waals surface area contributed by atoms with E-state index in [0.29, 0.717) is 0 Å². The summed E-state index contributed by atoms with van der Waals surface area (Å²) in [6.07, 6.45) is -1.88. The Morgan fingerprint density at radius 3 is 3.09 bits per heavy atom. The van der Waals surface area contributed by atoms with E-state index < -0.39 is 30.7 Å². The molecule has 0 spiro atoms. The number of fused-ring (bicyclic) bond motifs is 1. The summed E-state index contributed by atoms with van der Waals surface area (Å²) in [5, 5.41) is 22.7. The van der Waals surface area contributed by atoms with Crippen molar-refractivity contribution in [1.82, 2.24) is 19.5 Å². The Balaban J connectivity index is 2.05. The first kappa shape index (κ1) is 14.4. The molecule has 2 aromatic rings. The van der Waals surface area contributed by atoms with Gasteiger partial charge in [-0.05, 0) is 5.53 Å². The van der Waals surface area contributed by atoms with Crippen molar-refractivity contribution in [3.8, 4) is 0 Å². The third kappa shape index (κ3) is 2.02. The number of nitrogen functional groups attached to an aromatic ring is 1. The van der Waals surface area contributed by atoms with E-state index in [2.05, 4.69) is 25.0 Å². The van der Waals surface area contributed by atoms with Crippen molar-refractivity contribution in [2.45, 2.75) is 24.5 Å². The van der Waals surface area contributed by atoms with Gasteiger partial charge < -0.3 is 20.7 Å². The molecule has 11 nitrogen and oxygen atoms in total. The molecule has 3 unspecified atom stereocenters. The third-order valence-corrected chi connectivity index (χ3v) is 3.46. The molecule has 116 valence electrons. The van der Waals surface area contributed by atoms with Gasteiger partial charge in [-0.1, -0.05) is 5.11 Å². The molecule has 1 fully saturated rings. The van der Waals surface area contributed by atoms with Crippen molar-refractivity contribution < 1.29 is 19.3 Å². The Hall–Kier alpha value is -2.53. The summed E-state index contributed by atoms with van der Waals surface area (Å²) in [4.78, 5) is 13.5. The van der Waals surface area contributed by atoms with Crippen LogP contribution in [-0.4, -0.2) is 48.2 Å². The molecule has 22 heavy (non-hydrogen) atoms. The Morgan fingerprint density at radius 1 is 1.64 bits per heavy atom. The van der Waals surface area contributed by atoms with Gasteiger partial charge in [0.05, 0.1) is 19.0 Å². The van der Waals surface area contributed by atoms with E-state index in [1.54, 1.807) is 0 Å². The van der Waals surface area contributed by atoms with Gasteiger partial charge >= 0.3 is 6.08 Å². The van der Waals surface area contributed by atoms with Crippen LogP contribution >= 0.6 is 0 Å². The molecule has 0 bridgehead atoms. The number of hydrogen-bond acceptors (Lipinski definition) is 8. The number of imidazole rings is 1. The maximum Gasteiger partial charge on any atom is 0.312 e. The number of nitrogens with zero attached hydrogens (tertiary/aromatic N) is 7. The van der Waals surface area contributed by atoms with Gasteiger partial charge in [-0.3, -0.25) is 4.57 Å². The van der Waals surface area contributed by atoms with Crippen molar-refractivity contribution in [1.29, 1.82) is 0 Å². The maximum atomic E-state index is 13.3. The number of aliphatic hydroxyl groups excluding tert-OH is 2. The average Bonchev–Trinajstić information content (AvgIpc) is 3.02. The number of aromatic nitrogens is 4. The maximum absolute atomic E-state index is 13.3. The summed E-state index contributed by atoms with van der Waals surface area (Å²) < 4.78 is 20.1. The van der Waals surface area contributed by atoms with E-state index in [1.807, 2.05) is 0 Å². The van der Waals surface area contributed by atoms with Gasteiger partial charge in [0.2, 0.25) is 0 Å². The molecule has 2 aromatic heterocycles. The van der Waals surface area contributed by atoms with Gasteiger partial charge in [0.1, 0.15) is 6.23 Å². The van der Waals surface area contributed by atoms with Crippen LogP contribution in [0.25, 0.3) is 21.6 Å². The number of anilines is 1.